The number of ketones is 1. The summed E-state index contributed by atoms with van der Waals surface area (Å²) in [5, 5.41) is 34.9. The highest BCUT2D eigenvalue weighted by molar-refractivity contribution is 7.10. The fourth-order valence-electron chi connectivity index (χ4n) is 4.15. The Morgan fingerprint density at radius 1 is 1.27 bits per heavy atom. The van der Waals surface area contributed by atoms with Gasteiger partial charge in [-0.1, -0.05) is 6.07 Å². The molecule has 3 heterocycles. The van der Waals surface area contributed by atoms with Crippen LogP contribution in [0.5, 0.6) is 17.2 Å². The summed E-state index contributed by atoms with van der Waals surface area (Å²) in [5.41, 5.74) is 1.73. The summed E-state index contributed by atoms with van der Waals surface area (Å²) in [5.74, 6) is -2.50. The van der Waals surface area contributed by atoms with Crippen LogP contribution in [-0.2, 0) is 20.9 Å². The lowest BCUT2D eigenvalue weighted by molar-refractivity contribution is -0.140. The number of benzene rings is 1. The van der Waals surface area contributed by atoms with Gasteiger partial charge < -0.3 is 24.8 Å². The van der Waals surface area contributed by atoms with Crippen molar-refractivity contribution >= 4 is 23.1 Å². The maximum Gasteiger partial charge on any atom is 0.306 e. The summed E-state index contributed by atoms with van der Waals surface area (Å²) in [4.78, 5) is 29.5. The molecule has 1 aliphatic heterocycles. The van der Waals surface area contributed by atoms with Gasteiger partial charge in [0.2, 0.25) is 0 Å². The largest absolute Gasteiger partial charge is 0.507 e. The molecule has 33 heavy (non-hydrogen) atoms. The van der Waals surface area contributed by atoms with Crippen LogP contribution in [0.4, 0.5) is 0 Å². The van der Waals surface area contributed by atoms with E-state index in [1.165, 1.54) is 31.4 Å². The Kier molecular flexibility index (Phi) is 6.09. The van der Waals surface area contributed by atoms with Crippen LogP contribution in [0.3, 0.4) is 0 Å². The Morgan fingerprint density at radius 3 is 2.67 bits per heavy atom. The molecule has 0 unspecified atom stereocenters. The Bertz CT molecular complexity index is 1240. The summed E-state index contributed by atoms with van der Waals surface area (Å²) in [7, 11) is 1.26. The molecule has 0 saturated carbocycles. The minimum Gasteiger partial charge on any atom is -0.507 e. The van der Waals surface area contributed by atoms with Crippen molar-refractivity contribution in [2.75, 3.05) is 7.11 Å². The van der Waals surface area contributed by atoms with Crippen LogP contribution in [0.2, 0.25) is 0 Å². The van der Waals surface area contributed by atoms with Crippen molar-refractivity contribution in [1.82, 2.24) is 4.98 Å². The molecule has 2 atom stereocenters. The van der Waals surface area contributed by atoms with E-state index in [0.717, 1.165) is 0 Å². The molecule has 0 fully saturated rings. The van der Waals surface area contributed by atoms with E-state index in [2.05, 4.69) is 4.98 Å². The number of phenolic OH excluding ortho intramolecular Hbond substituents is 2. The molecule has 0 saturated heterocycles. The van der Waals surface area contributed by atoms with Crippen molar-refractivity contribution < 1.29 is 34.4 Å². The molecular formula is C24H23NO7S. The second-order valence-corrected chi connectivity index (χ2v) is 8.83. The van der Waals surface area contributed by atoms with Gasteiger partial charge in [-0.25, -0.2) is 0 Å². The highest BCUT2D eigenvalue weighted by Gasteiger charge is 2.36. The number of aromatic hydroxyl groups is 3. The lowest BCUT2D eigenvalue weighted by Gasteiger charge is -2.23. The number of rotatable bonds is 6. The highest BCUT2D eigenvalue weighted by atomic mass is 32.1. The first-order valence-corrected chi connectivity index (χ1v) is 11.1. The van der Waals surface area contributed by atoms with E-state index in [1.54, 1.807) is 25.3 Å². The predicted octanol–water partition coefficient (Wildman–Crippen LogP) is 4.09. The molecule has 172 valence electrons. The zero-order valence-electron chi connectivity index (χ0n) is 18.3. The van der Waals surface area contributed by atoms with Crippen molar-refractivity contribution in [2.45, 2.75) is 38.9 Å². The lowest BCUT2D eigenvalue weighted by Crippen LogP contribution is -2.13. The van der Waals surface area contributed by atoms with Crippen molar-refractivity contribution in [3.05, 3.63) is 68.2 Å². The SMILES string of the molecule is COC(=O)C[C@@H](c1cccs1)c1c(O)c(C(C)=O)cc([C@H]2OCc3cnc(C)c(O)c32)c1O. The summed E-state index contributed by atoms with van der Waals surface area (Å²) in [6.45, 7) is 3.11. The van der Waals surface area contributed by atoms with Gasteiger partial charge in [0.25, 0.3) is 0 Å². The summed E-state index contributed by atoms with van der Waals surface area (Å²) >= 11 is 1.35. The number of Topliss-reactive ketones (excluding diaryl/α,β-unsaturated/α-hetero) is 1. The quantitative estimate of drug-likeness (QED) is 0.364. The van der Waals surface area contributed by atoms with Gasteiger partial charge in [0.05, 0.1) is 31.4 Å². The smallest absolute Gasteiger partial charge is 0.306 e. The Labute approximate surface area is 194 Å². The average Bonchev–Trinajstić information content (AvgIpc) is 3.46. The van der Waals surface area contributed by atoms with Gasteiger partial charge in [-0.2, -0.15) is 0 Å². The Balaban J connectivity index is 1.96. The van der Waals surface area contributed by atoms with Gasteiger partial charge in [-0.15, -0.1) is 11.3 Å². The molecule has 9 heteroatoms. The zero-order chi connectivity index (χ0) is 23.9. The maximum atomic E-state index is 12.4. The molecule has 2 aromatic heterocycles. The number of fused-ring (bicyclic) bond motifs is 1. The summed E-state index contributed by atoms with van der Waals surface area (Å²) < 4.78 is 10.7. The average molecular weight is 470 g/mol. The number of phenols is 2. The number of esters is 1. The predicted molar refractivity (Wildman–Crippen MR) is 120 cm³/mol. The number of carbonyl (C=O) groups is 2. The van der Waals surface area contributed by atoms with Gasteiger partial charge in [0.15, 0.2) is 5.78 Å². The standard InChI is InChI=1S/C24H23NO7S/c1-11-21(28)19-13(9-25-11)10-32-24(19)16-7-14(12(2)26)22(29)20(23(16)30)15(8-18(27)31-3)17-5-4-6-33-17/h4-7,9,15,24,28-30H,8,10H2,1-3H3/t15-,24+/m0/s1. The minimum absolute atomic E-state index is 0.0217. The molecule has 0 spiro atoms. The molecule has 3 N–H and O–H groups in total. The van der Waals surface area contributed by atoms with Crippen LogP contribution in [0.1, 0.15) is 68.5 Å². The van der Waals surface area contributed by atoms with Crippen LogP contribution >= 0.6 is 11.3 Å². The number of ether oxygens (including phenoxy) is 2. The van der Waals surface area contributed by atoms with E-state index >= 15 is 0 Å². The first-order valence-electron chi connectivity index (χ1n) is 10.2. The van der Waals surface area contributed by atoms with Crippen LogP contribution < -0.4 is 0 Å². The third-order valence-corrected chi connectivity index (χ3v) is 6.85. The molecule has 0 bridgehead atoms. The van der Waals surface area contributed by atoms with Gasteiger partial charge in [0.1, 0.15) is 23.4 Å². The van der Waals surface area contributed by atoms with E-state index in [1.807, 2.05) is 5.38 Å². The molecule has 0 radical (unpaired) electrons. The van der Waals surface area contributed by atoms with Crippen LogP contribution in [-0.4, -0.2) is 39.2 Å². The molecule has 3 aromatic rings. The molecule has 0 amide bonds. The van der Waals surface area contributed by atoms with E-state index in [0.29, 0.717) is 21.7 Å². The second-order valence-electron chi connectivity index (χ2n) is 7.85. The first-order chi connectivity index (χ1) is 15.7. The first kappa shape index (κ1) is 22.8. The van der Waals surface area contributed by atoms with E-state index < -0.39 is 29.5 Å². The fraction of sp³-hybridized carbons (Fsp3) is 0.292. The number of hydrogen-bond acceptors (Lipinski definition) is 9. The van der Waals surface area contributed by atoms with E-state index in [4.69, 9.17) is 9.47 Å². The number of thiophene rings is 1. The van der Waals surface area contributed by atoms with Crippen molar-refractivity contribution in [3.8, 4) is 17.2 Å². The summed E-state index contributed by atoms with van der Waals surface area (Å²) in [6.07, 6.45) is 0.552. The minimum atomic E-state index is -0.888. The monoisotopic (exact) mass is 469 g/mol. The lowest BCUT2D eigenvalue weighted by atomic mass is 9.85. The van der Waals surface area contributed by atoms with Crippen molar-refractivity contribution in [3.63, 3.8) is 0 Å². The summed E-state index contributed by atoms with van der Waals surface area (Å²) in [6, 6.07) is 4.94. The van der Waals surface area contributed by atoms with Gasteiger partial charge in [-0.05, 0) is 31.4 Å². The number of aryl methyl sites for hydroxylation is 1. The van der Waals surface area contributed by atoms with Crippen LogP contribution in [0, 0.1) is 6.92 Å². The van der Waals surface area contributed by atoms with E-state index in [-0.39, 0.29) is 41.2 Å². The van der Waals surface area contributed by atoms with Crippen LogP contribution in [0.25, 0.3) is 0 Å². The van der Waals surface area contributed by atoms with Gasteiger partial charge in [-0.3, -0.25) is 14.6 Å². The van der Waals surface area contributed by atoms with Gasteiger partial charge in [0, 0.05) is 39.2 Å². The Morgan fingerprint density at radius 2 is 2.03 bits per heavy atom. The highest BCUT2D eigenvalue weighted by Crippen LogP contribution is 2.50. The fourth-order valence-corrected chi connectivity index (χ4v) is 4.99. The number of carbonyl (C=O) groups excluding carboxylic acids is 2. The molecule has 8 nitrogen and oxygen atoms in total. The number of pyridine rings is 1. The third kappa shape index (κ3) is 3.94. The topological polar surface area (TPSA) is 126 Å². The van der Waals surface area contributed by atoms with Crippen molar-refractivity contribution in [2.24, 2.45) is 0 Å². The number of aromatic nitrogens is 1. The normalized spacial score (nSPS) is 15.8. The maximum absolute atomic E-state index is 12.4. The zero-order valence-corrected chi connectivity index (χ0v) is 19.1. The Hall–Kier alpha value is -3.43. The number of hydrogen-bond donors (Lipinski definition) is 3. The third-order valence-electron chi connectivity index (χ3n) is 5.86. The number of nitrogens with zero attached hydrogens (tertiary/aromatic N) is 1. The van der Waals surface area contributed by atoms with Gasteiger partial charge >= 0.3 is 5.97 Å². The molecule has 0 aliphatic carbocycles. The van der Waals surface area contributed by atoms with E-state index in [9.17, 15) is 24.9 Å². The second kappa shape index (κ2) is 8.84. The molecule has 1 aromatic carbocycles. The molecule has 1 aliphatic rings. The molecular weight excluding hydrogens is 446 g/mol. The number of methoxy groups -OCH3 is 1. The molecule has 4 rings (SSSR count). The van der Waals surface area contributed by atoms with Crippen molar-refractivity contribution in [1.29, 1.82) is 0 Å². The van der Waals surface area contributed by atoms with Crippen LogP contribution in [0.15, 0.2) is 29.8 Å².